The van der Waals surface area contributed by atoms with Crippen LogP contribution in [0.3, 0.4) is 0 Å². The van der Waals surface area contributed by atoms with Crippen LogP contribution in [0.25, 0.3) is 0 Å². The number of hydrogen-bond donors (Lipinski definition) is 1. The molecule has 0 aromatic heterocycles. The second-order valence-corrected chi connectivity index (χ2v) is 3.53. The zero-order valence-corrected chi connectivity index (χ0v) is 8.71. The lowest BCUT2D eigenvalue weighted by molar-refractivity contribution is 0.334. The summed E-state index contributed by atoms with van der Waals surface area (Å²) in [4.78, 5) is 0. The molecular weight excluding hydrogens is 216 g/mol. The predicted octanol–water partition coefficient (Wildman–Crippen LogP) is 2.43. The van der Waals surface area contributed by atoms with Crippen molar-refractivity contribution in [2.24, 2.45) is 5.92 Å². The van der Waals surface area contributed by atoms with Gasteiger partial charge in [-0.05, 0) is 17.1 Å². The molecule has 0 aromatic rings. The Balaban J connectivity index is 2.81. The summed E-state index contributed by atoms with van der Waals surface area (Å²) in [5.74, 6) is 0.412. The Bertz CT molecular complexity index is 214. The van der Waals surface area contributed by atoms with Crippen LogP contribution in [0.2, 0.25) is 0 Å². The van der Waals surface area contributed by atoms with E-state index in [0.717, 1.165) is 10.9 Å². The molecule has 2 heteroatoms. The third kappa shape index (κ3) is 2.61. The highest BCUT2D eigenvalue weighted by atomic mass is 79.9. The molecule has 12 heavy (non-hydrogen) atoms. The van der Waals surface area contributed by atoms with Crippen LogP contribution < -0.4 is 0 Å². The molecule has 0 saturated carbocycles. The highest BCUT2D eigenvalue weighted by Gasteiger charge is 2.02. The minimum Gasteiger partial charge on any atom is -0.392 e. The zero-order chi connectivity index (χ0) is 8.97. The van der Waals surface area contributed by atoms with Gasteiger partial charge in [-0.3, -0.25) is 0 Å². The second-order valence-electron chi connectivity index (χ2n) is 2.97. The third-order valence-electron chi connectivity index (χ3n) is 1.80. The molecule has 1 N–H and O–H groups in total. The number of aliphatic hydroxyl groups excluding tert-OH is 1. The van der Waals surface area contributed by atoms with E-state index in [1.54, 1.807) is 0 Å². The smallest absolute Gasteiger partial charge is 0.0679 e. The molecule has 1 unspecified atom stereocenters. The first kappa shape index (κ1) is 9.75. The minimum absolute atomic E-state index is 0.129. The molecule has 1 atom stereocenters. The van der Waals surface area contributed by atoms with Crippen LogP contribution in [-0.2, 0) is 0 Å². The van der Waals surface area contributed by atoms with Crippen molar-refractivity contribution in [3.63, 3.8) is 0 Å². The van der Waals surface area contributed by atoms with Crippen LogP contribution in [0.4, 0.5) is 0 Å². The zero-order valence-electron chi connectivity index (χ0n) is 7.13. The molecule has 1 aliphatic rings. The summed E-state index contributed by atoms with van der Waals surface area (Å²) in [7, 11) is 0. The maximum absolute atomic E-state index is 8.94. The van der Waals surface area contributed by atoms with Gasteiger partial charge in [0, 0.05) is 5.33 Å². The lowest BCUT2D eigenvalue weighted by Gasteiger charge is -1.99. The van der Waals surface area contributed by atoms with E-state index in [0.29, 0.717) is 5.92 Å². The van der Waals surface area contributed by atoms with Crippen molar-refractivity contribution in [2.45, 2.75) is 6.92 Å². The summed E-state index contributed by atoms with van der Waals surface area (Å²) in [5, 5.41) is 9.81. The Labute approximate surface area is 81.6 Å². The van der Waals surface area contributed by atoms with Gasteiger partial charge in [0.05, 0.1) is 6.61 Å². The van der Waals surface area contributed by atoms with Gasteiger partial charge in [0.15, 0.2) is 0 Å². The second kappa shape index (κ2) is 4.63. The maximum Gasteiger partial charge on any atom is 0.0679 e. The van der Waals surface area contributed by atoms with E-state index in [9.17, 15) is 0 Å². The Morgan fingerprint density at radius 3 is 2.50 bits per heavy atom. The first-order valence-electron chi connectivity index (χ1n) is 4.02. The highest BCUT2D eigenvalue weighted by molar-refractivity contribution is 9.09. The molecule has 0 radical (unpaired) electrons. The van der Waals surface area contributed by atoms with E-state index < -0.39 is 0 Å². The van der Waals surface area contributed by atoms with E-state index in [2.05, 4.69) is 35.0 Å². The normalized spacial score (nSPS) is 23.1. The van der Waals surface area contributed by atoms with E-state index in [1.807, 2.05) is 12.2 Å². The van der Waals surface area contributed by atoms with Gasteiger partial charge in [-0.2, -0.15) is 0 Å². The Kier molecular flexibility index (Phi) is 3.76. The van der Waals surface area contributed by atoms with E-state index in [4.69, 9.17) is 5.11 Å². The molecule has 0 fully saturated rings. The van der Waals surface area contributed by atoms with Gasteiger partial charge in [0.1, 0.15) is 0 Å². The molecule has 1 aliphatic carbocycles. The lowest BCUT2D eigenvalue weighted by atomic mass is 10.1. The lowest BCUT2D eigenvalue weighted by Crippen LogP contribution is -1.89. The van der Waals surface area contributed by atoms with Crippen molar-refractivity contribution in [1.29, 1.82) is 0 Å². The van der Waals surface area contributed by atoms with Gasteiger partial charge in [-0.15, -0.1) is 0 Å². The fourth-order valence-corrected chi connectivity index (χ4v) is 1.62. The summed E-state index contributed by atoms with van der Waals surface area (Å²) >= 11 is 3.41. The van der Waals surface area contributed by atoms with Crippen molar-refractivity contribution in [1.82, 2.24) is 0 Å². The molecular formula is C10H13BrO. The van der Waals surface area contributed by atoms with Crippen LogP contribution in [-0.4, -0.2) is 17.0 Å². The largest absolute Gasteiger partial charge is 0.392 e. The first-order valence-corrected chi connectivity index (χ1v) is 5.14. The number of alkyl halides is 1. The molecule has 0 bridgehead atoms. The molecule has 1 nitrogen and oxygen atoms in total. The van der Waals surface area contributed by atoms with Gasteiger partial charge in [-0.1, -0.05) is 47.2 Å². The maximum atomic E-state index is 8.94. The molecule has 0 spiro atoms. The van der Waals surface area contributed by atoms with Gasteiger partial charge in [0.2, 0.25) is 0 Å². The summed E-state index contributed by atoms with van der Waals surface area (Å²) in [5.41, 5.74) is 2.26. The quantitative estimate of drug-likeness (QED) is 0.721. The van der Waals surface area contributed by atoms with Crippen molar-refractivity contribution in [3.8, 4) is 0 Å². The Hall–Kier alpha value is -0.340. The predicted molar refractivity (Wildman–Crippen MR) is 55.3 cm³/mol. The summed E-state index contributed by atoms with van der Waals surface area (Å²) in [6.45, 7) is 2.25. The Morgan fingerprint density at radius 2 is 1.92 bits per heavy atom. The number of aliphatic hydroxyl groups is 1. The fraction of sp³-hybridized carbons (Fsp3) is 0.400. The number of halogens is 1. The van der Waals surface area contributed by atoms with Gasteiger partial charge in [-0.25, -0.2) is 0 Å². The van der Waals surface area contributed by atoms with Crippen molar-refractivity contribution in [2.75, 3.05) is 11.9 Å². The average molecular weight is 229 g/mol. The summed E-state index contributed by atoms with van der Waals surface area (Å²) in [6.07, 6.45) is 8.27. The minimum atomic E-state index is 0.129. The van der Waals surface area contributed by atoms with Crippen molar-refractivity contribution >= 4 is 15.9 Å². The van der Waals surface area contributed by atoms with Crippen LogP contribution in [0.5, 0.6) is 0 Å². The highest BCUT2D eigenvalue weighted by Crippen LogP contribution is 2.16. The topological polar surface area (TPSA) is 20.2 Å². The van der Waals surface area contributed by atoms with Crippen LogP contribution in [0.15, 0.2) is 35.5 Å². The van der Waals surface area contributed by atoms with E-state index in [1.165, 1.54) is 5.57 Å². The molecule has 1 rings (SSSR count). The number of rotatable bonds is 2. The third-order valence-corrected chi connectivity index (χ3v) is 2.45. The van der Waals surface area contributed by atoms with Crippen molar-refractivity contribution < 1.29 is 5.11 Å². The SMILES string of the molecule is CC1C=C(CO)C=CC(CBr)=C1. The van der Waals surface area contributed by atoms with E-state index >= 15 is 0 Å². The number of hydrogen-bond acceptors (Lipinski definition) is 1. The standard InChI is InChI=1S/C10H13BrO/c1-8-4-9(6-11)2-3-10(5-8)7-12/h2-5,8,12H,6-7H2,1H3. The summed E-state index contributed by atoms with van der Waals surface area (Å²) < 4.78 is 0. The summed E-state index contributed by atoms with van der Waals surface area (Å²) in [6, 6.07) is 0. The van der Waals surface area contributed by atoms with E-state index in [-0.39, 0.29) is 6.61 Å². The van der Waals surface area contributed by atoms with Gasteiger partial charge in [0.25, 0.3) is 0 Å². The van der Waals surface area contributed by atoms with Crippen LogP contribution in [0.1, 0.15) is 6.92 Å². The average Bonchev–Trinajstić information content (AvgIpc) is 2.26. The molecule has 0 aliphatic heterocycles. The number of allylic oxidation sites excluding steroid dienone is 4. The molecule has 0 aromatic carbocycles. The van der Waals surface area contributed by atoms with Crippen LogP contribution in [0, 0.1) is 5.92 Å². The fourth-order valence-electron chi connectivity index (χ4n) is 1.24. The molecule has 66 valence electrons. The monoisotopic (exact) mass is 228 g/mol. The molecule has 0 heterocycles. The van der Waals surface area contributed by atoms with Gasteiger partial charge >= 0.3 is 0 Å². The van der Waals surface area contributed by atoms with Crippen LogP contribution >= 0.6 is 15.9 Å². The first-order chi connectivity index (χ1) is 5.76. The Morgan fingerprint density at radius 1 is 1.33 bits per heavy atom. The van der Waals surface area contributed by atoms with Crippen molar-refractivity contribution in [3.05, 3.63) is 35.5 Å². The molecule has 0 saturated heterocycles. The van der Waals surface area contributed by atoms with Gasteiger partial charge < -0.3 is 5.11 Å². The molecule has 0 amide bonds.